The highest BCUT2D eigenvalue weighted by atomic mass is 19.1. The number of aliphatic imine (C=N–C) groups is 1. The van der Waals surface area contributed by atoms with Crippen molar-refractivity contribution in [1.82, 2.24) is 14.6 Å². The molecule has 1 aliphatic rings. The molecule has 0 radical (unpaired) electrons. The van der Waals surface area contributed by atoms with Gasteiger partial charge in [0.05, 0.1) is 11.7 Å². The maximum absolute atomic E-state index is 14.8. The highest BCUT2D eigenvalue weighted by Gasteiger charge is 2.41. The third-order valence-corrected chi connectivity index (χ3v) is 5.55. The predicted octanol–water partition coefficient (Wildman–Crippen LogP) is 4.38. The summed E-state index contributed by atoms with van der Waals surface area (Å²) in [6.07, 6.45) is 3.46. The van der Waals surface area contributed by atoms with Gasteiger partial charge in [0, 0.05) is 24.3 Å². The van der Waals surface area contributed by atoms with Gasteiger partial charge in [-0.2, -0.15) is 0 Å². The summed E-state index contributed by atoms with van der Waals surface area (Å²) in [5, 5.41) is 4.15. The molecule has 0 spiro atoms. The minimum atomic E-state index is -0.299. The SMILES string of the molecule is CC1=Nc2c(F)cc(-c3ccn4nc(N)ncc34)cc2C1(C)C(C)C.[HH]. The number of hydrogen-bond acceptors (Lipinski definition) is 4. The molecule has 25 heavy (non-hydrogen) atoms. The maximum atomic E-state index is 14.8. The number of aromatic nitrogens is 3. The zero-order chi connectivity index (χ0) is 17.9. The lowest BCUT2D eigenvalue weighted by Crippen LogP contribution is -2.33. The molecule has 6 heteroatoms. The van der Waals surface area contributed by atoms with Crippen LogP contribution in [0.3, 0.4) is 0 Å². The first-order chi connectivity index (χ1) is 11.8. The van der Waals surface area contributed by atoms with Gasteiger partial charge < -0.3 is 5.73 Å². The number of rotatable bonds is 2. The Morgan fingerprint density at radius 2 is 2.08 bits per heavy atom. The first-order valence-corrected chi connectivity index (χ1v) is 8.32. The number of halogens is 1. The molecule has 130 valence electrons. The first kappa shape index (κ1) is 15.7. The van der Waals surface area contributed by atoms with E-state index in [1.165, 1.54) is 6.07 Å². The van der Waals surface area contributed by atoms with Crippen molar-refractivity contribution in [2.24, 2.45) is 10.9 Å². The highest BCUT2D eigenvalue weighted by molar-refractivity contribution is 6.01. The van der Waals surface area contributed by atoms with Gasteiger partial charge in [-0.3, -0.25) is 4.99 Å². The molecule has 0 fully saturated rings. The second-order valence-corrected chi connectivity index (χ2v) is 7.08. The quantitative estimate of drug-likeness (QED) is 0.753. The van der Waals surface area contributed by atoms with E-state index >= 15 is 0 Å². The van der Waals surface area contributed by atoms with Crippen molar-refractivity contribution in [1.29, 1.82) is 0 Å². The number of hydrogen-bond donors (Lipinski definition) is 1. The van der Waals surface area contributed by atoms with Gasteiger partial charge in [-0.05, 0) is 49.1 Å². The number of fused-ring (bicyclic) bond motifs is 2. The number of nitrogens with two attached hydrogens (primary N) is 1. The molecule has 0 bridgehead atoms. The van der Waals surface area contributed by atoms with Gasteiger partial charge in [0.15, 0.2) is 0 Å². The molecule has 3 heterocycles. The van der Waals surface area contributed by atoms with Crippen LogP contribution in [0.1, 0.15) is 34.7 Å². The number of nitrogens with zero attached hydrogens (tertiary/aromatic N) is 4. The zero-order valence-electron chi connectivity index (χ0n) is 14.7. The van der Waals surface area contributed by atoms with Gasteiger partial charge in [-0.15, -0.1) is 5.10 Å². The van der Waals surface area contributed by atoms with Gasteiger partial charge >= 0.3 is 0 Å². The van der Waals surface area contributed by atoms with Crippen LogP contribution in [0.4, 0.5) is 16.0 Å². The van der Waals surface area contributed by atoms with Crippen LogP contribution in [0.5, 0.6) is 0 Å². The predicted molar refractivity (Wildman–Crippen MR) is 99.9 cm³/mol. The lowest BCUT2D eigenvalue weighted by atomic mass is 9.71. The van der Waals surface area contributed by atoms with Crippen molar-refractivity contribution < 1.29 is 5.82 Å². The normalized spacial score (nSPS) is 19.5. The molecule has 0 saturated carbocycles. The van der Waals surface area contributed by atoms with Crippen molar-refractivity contribution in [3.63, 3.8) is 0 Å². The molecule has 4 rings (SSSR count). The first-order valence-electron chi connectivity index (χ1n) is 8.32. The second kappa shape index (κ2) is 5.12. The second-order valence-electron chi connectivity index (χ2n) is 7.08. The van der Waals surface area contributed by atoms with E-state index in [1.54, 1.807) is 16.9 Å². The van der Waals surface area contributed by atoms with Crippen molar-refractivity contribution in [3.8, 4) is 11.1 Å². The van der Waals surface area contributed by atoms with Crippen LogP contribution in [0.2, 0.25) is 0 Å². The van der Waals surface area contributed by atoms with Gasteiger partial charge in [0.1, 0.15) is 11.5 Å². The number of nitrogen functional groups attached to an aromatic ring is 1. The largest absolute Gasteiger partial charge is 0.367 e. The Balaban J connectivity index is 0.00000196. The lowest BCUT2D eigenvalue weighted by Gasteiger charge is -2.31. The summed E-state index contributed by atoms with van der Waals surface area (Å²) in [6, 6.07) is 5.48. The monoisotopic (exact) mass is 339 g/mol. The molecular formula is C19H22FN5. The van der Waals surface area contributed by atoms with E-state index < -0.39 is 0 Å². The van der Waals surface area contributed by atoms with E-state index in [-0.39, 0.29) is 18.6 Å². The summed E-state index contributed by atoms with van der Waals surface area (Å²) in [5.74, 6) is 0.208. The number of anilines is 1. The Hall–Kier alpha value is -2.76. The van der Waals surface area contributed by atoms with E-state index in [0.717, 1.165) is 27.9 Å². The molecule has 1 aromatic carbocycles. The summed E-state index contributed by atoms with van der Waals surface area (Å²) in [4.78, 5) is 8.58. The van der Waals surface area contributed by atoms with Crippen molar-refractivity contribution >= 4 is 22.9 Å². The van der Waals surface area contributed by atoms with Crippen molar-refractivity contribution in [3.05, 3.63) is 42.0 Å². The maximum Gasteiger partial charge on any atom is 0.238 e. The molecular weight excluding hydrogens is 317 g/mol. The van der Waals surface area contributed by atoms with Gasteiger partial charge in [0.2, 0.25) is 5.95 Å². The molecule has 0 aliphatic carbocycles. The smallest absolute Gasteiger partial charge is 0.238 e. The minimum Gasteiger partial charge on any atom is -0.367 e. The average Bonchev–Trinajstić information content (AvgIpc) is 3.08. The zero-order valence-corrected chi connectivity index (χ0v) is 14.7. The molecule has 1 aliphatic heterocycles. The van der Waals surface area contributed by atoms with Gasteiger partial charge in [-0.1, -0.05) is 13.8 Å². The van der Waals surface area contributed by atoms with Gasteiger partial charge in [0.25, 0.3) is 0 Å². The molecule has 1 atom stereocenters. The topological polar surface area (TPSA) is 68.6 Å². The van der Waals surface area contributed by atoms with Crippen LogP contribution in [0, 0.1) is 11.7 Å². The van der Waals surface area contributed by atoms with Crippen molar-refractivity contribution in [2.45, 2.75) is 33.1 Å². The minimum absolute atomic E-state index is 0. The average molecular weight is 339 g/mol. The summed E-state index contributed by atoms with van der Waals surface area (Å²) in [6.45, 7) is 8.39. The fourth-order valence-electron chi connectivity index (χ4n) is 3.63. The van der Waals surface area contributed by atoms with Crippen LogP contribution in [0.15, 0.2) is 35.6 Å². The number of benzene rings is 1. The summed E-state index contributed by atoms with van der Waals surface area (Å²) < 4.78 is 16.5. The summed E-state index contributed by atoms with van der Waals surface area (Å²) >= 11 is 0. The summed E-state index contributed by atoms with van der Waals surface area (Å²) in [5.41, 5.74) is 10.2. The molecule has 0 saturated heterocycles. The Morgan fingerprint density at radius 3 is 2.80 bits per heavy atom. The van der Waals surface area contributed by atoms with Crippen LogP contribution < -0.4 is 5.73 Å². The Kier molecular flexibility index (Phi) is 3.22. The van der Waals surface area contributed by atoms with Crippen LogP contribution >= 0.6 is 0 Å². The third kappa shape index (κ3) is 2.10. The fraction of sp³-hybridized carbons (Fsp3) is 0.316. The van der Waals surface area contributed by atoms with E-state index in [9.17, 15) is 4.39 Å². The van der Waals surface area contributed by atoms with Crippen LogP contribution in [-0.2, 0) is 5.41 Å². The molecule has 2 N–H and O–H groups in total. The van der Waals surface area contributed by atoms with Crippen molar-refractivity contribution in [2.75, 3.05) is 5.73 Å². The van der Waals surface area contributed by atoms with Crippen LogP contribution in [0.25, 0.3) is 16.6 Å². The molecule has 1 unspecified atom stereocenters. The Labute approximate surface area is 146 Å². The van der Waals surface area contributed by atoms with E-state index in [4.69, 9.17) is 5.73 Å². The summed E-state index contributed by atoms with van der Waals surface area (Å²) in [7, 11) is 0. The molecule has 3 aromatic rings. The van der Waals surface area contributed by atoms with Crippen LogP contribution in [-0.4, -0.2) is 20.3 Å². The molecule has 0 amide bonds. The van der Waals surface area contributed by atoms with Gasteiger partial charge in [-0.25, -0.2) is 13.9 Å². The fourth-order valence-corrected chi connectivity index (χ4v) is 3.63. The Morgan fingerprint density at radius 1 is 1.32 bits per heavy atom. The standard InChI is InChI=1S/C19H20FN5.H2/c1-10(2)19(4)11(3)23-17-14(19)7-12(8-15(17)20)13-5-6-25-16(13)9-22-18(21)24-25;/h5-10H,1-4H3,(H2,21,24);1H. The molecule has 2 aromatic heterocycles. The molecule has 5 nitrogen and oxygen atoms in total. The highest BCUT2D eigenvalue weighted by Crippen LogP contribution is 2.47. The van der Waals surface area contributed by atoms with E-state index in [2.05, 4.69) is 35.8 Å². The Bertz CT molecular complexity index is 1040. The van der Waals surface area contributed by atoms with E-state index in [1.807, 2.05) is 19.1 Å². The lowest BCUT2D eigenvalue weighted by molar-refractivity contribution is 0.455. The van der Waals surface area contributed by atoms with E-state index in [0.29, 0.717) is 11.6 Å². The third-order valence-electron chi connectivity index (χ3n) is 5.55.